The van der Waals surface area contributed by atoms with Crippen molar-refractivity contribution >= 4 is 16.9 Å². The first-order chi connectivity index (χ1) is 10.8. The number of pyridine rings is 1. The summed E-state index contributed by atoms with van der Waals surface area (Å²) in [6, 6.07) is 5.28. The predicted octanol–water partition coefficient (Wildman–Crippen LogP) is 2.32. The lowest BCUT2D eigenvalue weighted by Crippen LogP contribution is -2.35. The average Bonchev–Trinajstić information content (AvgIpc) is 2.94. The first-order valence-corrected chi connectivity index (χ1v) is 8.83. The van der Waals surface area contributed by atoms with Crippen molar-refractivity contribution in [2.45, 2.75) is 37.8 Å². The Labute approximate surface area is 138 Å². The highest BCUT2D eigenvalue weighted by atomic mass is 32.2. The molecule has 1 aromatic heterocycles. The summed E-state index contributed by atoms with van der Waals surface area (Å²) in [5.41, 5.74) is -0.180. The molecule has 2 rings (SSSR count). The number of rotatable bonds is 3. The standard InChI is InChI=1S/C16H21N3O3S/c1-16(2,3)22-15(20)19-8-6-12(10-19)11-23(21)14-13(9-17)5-4-7-18-14/h4-5,7,12H,6,8,10-11H2,1-3H3/t12-,23+/m1/s1. The molecule has 0 spiro atoms. The van der Waals surface area contributed by atoms with Gasteiger partial charge in [0.2, 0.25) is 0 Å². The van der Waals surface area contributed by atoms with E-state index in [1.165, 1.54) is 6.20 Å². The number of carbonyl (C=O) groups excluding carboxylic acids is 1. The molecule has 0 aliphatic carbocycles. The number of aromatic nitrogens is 1. The fraction of sp³-hybridized carbons (Fsp3) is 0.562. The largest absolute Gasteiger partial charge is 0.444 e. The van der Waals surface area contributed by atoms with Crippen LogP contribution < -0.4 is 0 Å². The molecule has 0 N–H and O–H groups in total. The summed E-state index contributed by atoms with van der Waals surface area (Å²) in [5, 5.41) is 9.38. The van der Waals surface area contributed by atoms with Gasteiger partial charge in [-0.25, -0.2) is 9.78 Å². The minimum absolute atomic E-state index is 0.122. The van der Waals surface area contributed by atoms with Crippen molar-refractivity contribution < 1.29 is 13.7 Å². The lowest BCUT2D eigenvalue weighted by atomic mass is 10.2. The zero-order chi connectivity index (χ0) is 17.0. The first-order valence-electron chi connectivity index (χ1n) is 7.51. The maximum Gasteiger partial charge on any atom is 0.410 e. The molecular weight excluding hydrogens is 314 g/mol. The van der Waals surface area contributed by atoms with Crippen molar-refractivity contribution in [1.82, 2.24) is 9.88 Å². The van der Waals surface area contributed by atoms with Crippen LogP contribution in [0.4, 0.5) is 4.79 Å². The molecule has 1 saturated heterocycles. The Balaban J connectivity index is 1.94. The van der Waals surface area contributed by atoms with E-state index in [9.17, 15) is 9.00 Å². The van der Waals surface area contributed by atoms with Gasteiger partial charge < -0.3 is 9.64 Å². The van der Waals surface area contributed by atoms with Gasteiger partial charge in [0, 0.05) is 25.0 Å². The van der Waals surface area contributed by atoms with E-state index in [-0.39, 0.29) is 12.0 Å². The molecule has 6 nitrogen and oxygen atoms in total. The van der Waals surface area contributed by atoms with E-state index >= 15 is 0 Å². The SMILES string of the molecule is CC(C)(C)OC(=O)N1CC[C@@H](C[S@](=O)c2ncccc2C#N)C1. The average molecular weight is 335 g/mol. The van der Waals surface area contributed by atoms with Crippen LogP contribution in [0.15, 0.2) is 23.4 Å². The number of amides is 1. The molecule has 0 bridgehead atoms. The minimum atomic E-state index is -1.34. The second-order valence-corrected chi connectivity index (χ2v) is 7.97. The Hall–Kier alpha value is -1.94. The summed E-state index contributed by atoms with van der Waals surface area (Å²) in [6.07, 6.45) is 1.98. The fourth-order valence-electron chi connectivity index (χ4n) is 2.41. The molecule has 7 heteroatoms. The highest BCUT2D eigenvalue weighted by molar-refractivity contribution is 7.85. The Kier molecular flexibility index (Phi) is 5.37. The molecule has 1 aromatic rings. The molecule has 2 atom stereocenters. The Morgan fingerprint density at radius 3 is 2.96 bits per heavy atom. The third-order valence-electron chi connectivity index (χ3n) is 3.43. The zero-order valence-corrected chi connectivity index (χ0v) is 14.4. The van der Waals surface area contributed by atoms with Crippen molar-refractivity contribution in [2.24, 2.45) is 5.92 Å². The summed E-state index contributed by atoms with van der Waals surface area (Å²) in [7, 11) is -1.34. The van der Waals surface area contributed by atoms with Crippen LogP contribution in [0, 0.1) is 17.2 Å². The van der Waals surface area contributed by atoms with E-state index in [2.05, 4.69) is 4.98 Å². The Morgan fingerprint density at radius 2 is 2.30 bits per heavy atom. The Morgan fingerprint density at radius 1 is 1.57 bits per heavy atom. The number of ether oxygens (including phenoxy) is 1. The van der Waals surface area contributed by atoms with Gasteiger partial charge in [0.1, 0.15) is 16.7 Å². The Bertz CT molecular complexity index is 649. The number of likely N-dealkylation sites (tertiary alicyclic amines) is 1. The van der Waals surface area contributed by atoms with Crippen molar-refractivity contribution in [2.75, 3.05) is 18.8 Å². The maximum absolute atomic E-state index is 12.4. The van der Waals surface area contributed by atoms with Gasteiger partial charge in [-0.05, 0) is 45.2 Å². The molecular formula is C16H21N3O3S. The molecule has 0 aromatic carbocycles. The van der Waals surface area contributed by atoms with Gasteiger partial charge in [0.15, 0.2) is 0 Å². The van der Waals surface area contributed by atoms with Crippen molar-refractivity contribution in [3.8, 4) is 6.07 Å². The second-order valence-electron chi connectivity index (χ2n) is 6.56. The van der Waals surface area contributed by atoms with Crippen LogP contribution in [0.1, 0.15) is 32.8 Å². The van der Waals surface area contributed by atoms with Gasteiger partial charge in [0.25, 0.3) is 0 Å². The third-order valence-corrected chi connectivity index (χ3v) is 4.96. The summed E-state index contributed by atoms with van der Waals surface area (Å²) < 4.78 is 17.8. The molecule has 1 aliphatic heterocycles. The monoisotopic (exact) mass is 335 g/mol. The van der Waals surface area contributed by atoms with Crippen LogP contribution in [0.25, 0.3) is 0 Å². The maximum atomic E-state index is 12.4. The smallest absolute Gasteiger partial charge is 0.410 e. The van der Waals surface area contributed by atoms with E-state index in [1.54, 1.807) is 17.0 Å². The van der Waals surface area contributed by atoms with Gasteiger partial charge in [-0.3, -0.25) is 4.21 Å². The van der Waals surface area contributed by atoms with Gasteiger partial charge in [-0.15, -0.1) is 0 Å². The van der Waals surface area contributed by atoms with E-state index in [1.807, 2.05) is 26.8 Å². The number of carbonyl (C=O) groups is 1. The third kappa shape index (κ3) is 4.76. The van der Waals surface area contributed by atoms with Crippen molar-refractivity contribution in [3.05, 3.63) is 23.9 Å². The van der Waals surface area contributed by atoms with Crippen molar-refractivity contribution in [1.29, 1.82) is 5.26 Å². The summed E-state index contributed by atoms with van der Waals surface area (Å²) >= 11 is 0. The molecule has 0 unspecified atom stereocenters. The normalized spacial score (nSPS) is 19.2. The molecule has 1 fully saturated rings. The van der Waals surface area contributed by atoms with Crippen LogP contribution >= 0.6 is 0 Å². The van der Waals surface area contributed by atoms with Crippen LogP contribution in [-0.2, 0) is 15.5 Å². The quantitative estimate of drug-likeness (QED) is 0.846. The lowest BCUT2D eigenvalue weighted by molar-refractivity contribution is 0.0289. The summed E-state index contributed by atoms with van der Waals surface area (Å²) in [6.45, 7) is 6.62. The van der Waals surface area contributed by atoms with Crippen LogP contribution in [0.3, 0.4) is 0 Å². The molecule has 1 aliphatic rings. The molecule has 23 heavy (non-hydrogen) atoms. The second kappa shape index (κ2) is 7.09. The van der Waals surface area contributed by atoms with E-state index in [0.717, 1.165) is 6.42 Å². The van der Waals surface area contributed by atoms with E-state index in [0.29, 0.717) is 29.4 Å². The van der Waals surface area contributed by atoms with E-state index in [4.69, 9.17) is 10.00 Å². The van der Waals surface area contributed by atoms with Gasteiger partial charge >= 0.3 is 6.09 Å². The summed E-state index contributed by atoms with van der Waals surface area (Å²) in [5.74, 6) is 0.516. The van der Waals surface area contributed by atoms with E-state index < -0.39 is 16.4 Å². The highest BCUT2D eigenvalue weighted by Gasteiger charge is 2.31. The van der Waals surface area contributed by atoms with Crippen molar-refractivity contribution in [3.63, 3.8) is 0 Å². The van der Waals surface area contributed by atoms with Crippen LogP contribution in [0.5, 0.6) is 0 Å². The number of nitriles is 1. The highest BCUT2D eigenvalue weighted by Crippen LogP contribution is 2.22. The van der Waals surface area contributed by atoms with Crippen LogP contribution in [0.2, 0.25) is 0 Å². The summed E-state index contributed by atoms with van der Waals surface area (Å²) in [4.78, 5) is 17.8. The van der Waals surface area contributed by atoms with Gasteiger partial charge in [0.05, 0.1) is 16.4 Å². The fourth-order valence-corrected chi connectivity index (χ4v) is 3.81. The molecule has 1 amide bonds. The number of hydrogen-bond acceptors (Lipinski definition) is 5. The first kappa shape index (κ1) is 17.4. The topological polar surface area (TPSA) is 83.3 Å². The van der Waals surface area contributed by atoms with Gasteiger partial charge in [-0.2, -0.15) is 5.26 Å². The number of nitrogens with zero attached hydrogens (tertiary/aromatic N) is 3. The molecule has 0 saturated carbocycles. The molecule has 0 radical (unpaired) electrons. The number of hydrogen-bond donors (Lipinski definition) is 0. The minimum Gasteiger partial charge on any atom is -0.444 e. The lowest BCUT2D eigenvalue weighted by Gasteiger charge is -2.24. The zero-order valence-electron chi connectivity index (χ0n) is 13.6. The van der Waals surface area contributed by atoms with Gasteiger partial charge in [-0.1, -0.05) is 0 Å². The molecule has 124 valence electrons. The molecule has 2 heterocycles. The predicted molar refractivity (Wildman–Crippen MR) is 86.1 cm³/mol. The van der Waals surface area contributed by atoms with Crippen LogP contribution in [-0.4, -0.2) is 44.6 Å².